The fourth-order valence-corrected chi connectivity index (χ4v) is 13.4. The highest BCUT2D eigenvalue weighted by atomic mass is 15.2. The highest BCUT2D eigenvalue weighted by Gasteiger charge is 2.31. The molecule has 4 heterocycles. The van der Waals surface area contributed by atoms with E-state index in [2.05, 4.69) is 305 Å². The van der Waals surface area contributed by atoms with Gasteiger partial charge in [-0.1, -0.05) is 199 Å². The Hall–Kier alpha value is -9.38. The Balaban J connectivity index is 1.06. The molecule has 0 unspecified atom stereocenters. The van der Waals surface area contributed by atoms with Gasteiger partial charge >= 0.3 is 0 Å². The van der Waals surface area contributed by atoms with Crippen LogP contribution in [0, 0.1) is 13.8 Å². The van der Waals surface area contributed by atoms with Crippen LogP contribution in [0.1, 0.15) is 63.8 Å². The molecule has 80 heavy (non-hydrogen) atoms. The second kappa shape index (κ2) is 17.6. The van der Waals surface area contributed by atoms with Crippen LogP contribution in [0.25, 0.3) is 98.4 Å². The van der Waals surface area contributed by atoms with Gasteiger partial charge in [-0.25, -0.2) is 0 Å². The zero-order valence-electron chi connectivity index (χ0n) is 46.7. The van der Waals surface area contributed by atoms with Crippen molar-refractivity contribution in [3.63, 3.8) is 0 Å². The number of aromatic nitrogens is 2. The number of hydrogen-bond donors (Lipinski definition) is 0. The molecule has 0 amide bonds. The van der Waals surface area contributed by atoms with Gasteiger partial charge in [-0.15, -0.1) is 0 Å². The lowest BCUT2D eigenvalue weighted by molar-refractivity contribution is 0.591. The van der Waals surface area contributed by atoms with Crippen LogP contribution in [0.2, 0.25) is 0 Å². The molecule has 0 saturated carbocycles. The third-order valence-corrected chi connectivity index (χ3v) is 17.3. The quantitative estimate of drug-likeness (QED) is 0.151. The lowest BCUT2D eigenvalue weighted by atomic mass is 9.86. The van der Waals surface area contributed by atoms with Gasteiger partial charge in [0.15, 0.2) is 0 Å². The van der Waals surface area contributed by atoms with Crippen molar-refractivity contribution in [2.45, 2.75) is 66.2 Å². The second-order valence-corrected chi connectivity index (χ2v) is 24.2. The molecule has 0 atom stereocenters. The summed E-state index contributed by atoms with van der Waals surface area (Å²) in [7, 11) is 0. The third-order valence-electron chi connectivity index (χ3n) is 17.3. The molecule has 15 aromatic rings. The van der Waals surface area contributed by atoms with Crippen LogP contribution < -0.4 is 9.80 Å². The number of para-hydroxylation sites is 4. The van der Waals surface area contributed by atoms with Crippen molar-refractivity contribution in [3.05, 3.63) is 253 Å². The molecule has 0 fully saturated rings. The van der Waals surface area contributed by atoms with Gasteiger partial charge in [0.1, 0.15) is 0 Å². The number of nitrogens with zero attached hydrogens (tertiary/aromatic N) is 4. The van der Waals surface area contributed by atoms with Crippen LogP contribution in [-0.2, 0) is 10.8 Å². The van der Waals surface area contributed by atoms with Gasteiger partial charge in [-0.3, -0.25) is 0 Å². The van der Waals surface area contributed by atoms with Crippen LogP contribution >= 0.6 is 0 Å². The topological polar surface area (TPSA) is 15.3 Å². The molecule has 0 aliphatic heterocycles. The molecule has 15 rings (SSSR count). The highest BCUT2D eigenvalue weighted by Crippen LogP contribution is 2.54. The van der Waals surface area contributed by atoms with E-state index in [9.17, 15) is 0 Å². The Labute approximate surface area is 467 Å². The lowest BCUT2D eigenvalue weighted by Gasteiger charge is -2.30. The van der Waals surface area contributed by atoms with Gasteiger partial charge in [0.25, 0.3) is 0 Å². The van der Waals surface area contributed by atoms with Crippen molar-refractivity contribution in [1.82, 2.24) is 8.80 Å². The maximum atomic E-state index is 2.60. The number of fused-ring (bicyclic) bond motifs is 12. The van der Waals surface area contributed by atoms with E-state index in [1.54, 1.807) is 0 Å². The van der Waals surface area contributed by atoms with Crippen LogP contribution in [0.5, 0.6) is 0 Å². The van der Waals surface area contributed by atoms with Crippen molar-refractivity contribution in [2.24, 2.45) is 0 Å². The minimum atomic E-state index is -0.0569. The molecule has 0 radical (unpaired) electrons. The number of hydrogen-bond acceptors (Lipinski definition) is 2. The van der Waals surface area contributed by atoms with Gasteiger partial charge in [0.05, 0.1) is 55.8 Å². The Morgan fingerprint density at radius 3 is 1.06 bits per heavy atom. The molecule has 0 N–H and O–H groups in total. The molecule has 4 heteroatoms. The fraction of sp³-hybridized carbons (Fsp3) is 0.132. The predicted octanol–water partition coefficient (Wildman–Crippen LogP) is 21.5. The van der Waals surface area contributed by atoms with E-state index in [0.717, 1.165) is 22.7 Å². The van der Waals surface area contributed by atoms with Crippen LogP contribution in [0.4, 0.5) is 34.1 Å². The molecule has 0 aliphatic rings. The van der Waals surface area contributed by atoms with E-state index >= 15 is 0 Å². The SMILES string of the molecule is Cc1cccc(-c2ccccc2)c1N(c1ccccc1)c1ccc2c3cc4c(cc3n3c5ccc(C(C)(C)C)cc5c1c23)c1ccc(N(c2ccccc2)c2c(C)cccc2-c2ccccc2)c2c3cc(C(C)(C)C)ccc3n4c12. The Kier molecular flexibility index (Phi) is 10.5. The first kappa shape index (κ1) is 47.8. The fourth-order valence-electron chi connectivity index (χ4n) is 13.4. The van der Waals surface area contributed by atoms with Crippen molar-refractivity contribution in [1.29, 1.82) is 0 Å². The van der Waals surface area contributed by atoms with Gasteiger partial charge in [-0.2, -0.15) is 0 Å². The minimum absolute atomic E-state index is 0.0569. The largest absolute Gasteiger partial charge is 0.309 e. The molecule has 386 valence electrons. The molecule has 0 bridgehead atoms. The molecule has 11 aromatic carbocycles. The van der Waals surface area contributed by atoms with Crippen molar-refractivity contribution < 1.29 is 0 Å². The van der Waals surface area contributed by atoms with E-state index in [1.807, 2.05) is 0 Å². The van der Waals surface area contributed by atoms with Crippen LogP contribution in [-0.4, -0.2) is 8.80 Å². The maximum absolute atomic E-state index is 2.60. The van der Waals surface area contributed by atoms with E-state index in [0.29, 0.717) is 0 Å². The predicted molar refractivity (Wildman–Crippen MR) is 343 cm³/mol. The first-order valence-electron chi connectivity index (χ1n) is 28.3. The zero-order chi connectivity index (χ0) is 54.3. The summed E-state index contributed by atoms with van der Waals surface area (Å²) < 4.78 is 5.19. The molecule has 4 nitrogen and oxygen atoms in total. The molecule has 0 saturated heterocycles. The van der Waals surface area contributed by atoms with Gasteiger partial charge in [-0.05, 0) is 131 Å². The first-order chi connectivity index (χ1) is 38.8. The molecule has 0 aliphatic carbocycles. The summed E-state index contributed by atoms with van der Waals surface area (Å²) >= 11 is 0. The standard InChI is InChI=1S/C76H62N4/c1-47-23-21-33-55(49-25-13-9-14-26-49)71(47)77(53-29-17-11-18-30-53)65-41-37-57-59-45-68-60(46-67(59)79-63-39-35-51(75(3,4)5)43-61(63)69(65)73(57)79)58-38-42-66(70-62-44-52(76(6,7)8)36-40-64(62)80(68)74(58)70)78(54-31-19-12-20-32-54)72-48(2)24-22-34-56(72)50-27-15-10-16-28-50/h9-46H,1-8H3. The van der Waals surface area contributed by atoms with E-state index < -0.39 is 0 Å². The third kappa shape index (κ3) is 7.07. The second-order valence-electron chi connectivity index (χ2n) is 24.2. The summed E-state index contributed by atoms with van der Waals surface area (Å²) in [4.78, 5) is 5.07. The van der Waals surface area contributed by atoms with E-state index in [4.69, 9.17) is 0 Å². The smallest absolute Gasteiger partial charge is 0.0641 e. The molecule has 4 aromatic heterocycles. The van der Waals surface area contributed by atoms with Crippen LogP contribution in [0.3, 0.4) is 0 Å². The molecular formula is C76H62N4. The normalized spacial score (nSPS) is 12.5. The summed E-state index contributed by atoms with van der Waals surface area (Å²) in [5.74, 6) is 0. The summed E-state index contributed by atoms with van der Waals surface area (Å²) in [6.07, 6.45) is 0. The number of anilines is 6. The minimum Gasteiger partial charge on any atom is -0.309 e. The summed E-state index contributed by atoms with van der Waals surface area (Å²) in [6, 6.07) is 86.4. The van der Waals surface area contributed by atoms with Gasteiger partial charge < -0.3 is 18.6 Å². The molecular weight excluding hydrogens is 969 g/mol. The summed E-state index contributed by atoms with van der Waals surface area (Å²) in [6.45, 7) is 18.5. The summed E-state index contributed by atoms with van der Waals surface area (Å²) in [5, 5.41) is 10.0. The Morgan fingerprint density at radius 1 is 0.312 bits per heavy atom. The van der Waals surface area contributed by atoms with Crippen LogP contribution in [0.15, 0.2) is 231 Å². The lowest BCUT2D eigenvalue weighted by Crippen LogP contribution is -2.13. The van der Waals surface area contributed by atoms with Gasteiger partial charge in [0, 0.05) is 65.6 Å². The first-order valence-corrected chi connectivity index (χ1v) is 28.3. The van der Waals surface area contributed by atoms with Crippen molar-refractivity contribution in [2.75, 3.05) is 9.80 Å². The average molecular weight is 1030 g/mol. The Morgan fingerprint density at radius 2 is 0.688 bits per heavy atom. The van der Waals surface area contributed by atoms with E-state index in [-0.39, 0.29) is 10.8 Å². The zero-order valence-corrected chi connectivity index (χ0v) is 46.7. The van der Waals surface area contributed by atoms with Crippen molar-refractivity contribution in [3.8, 4) is 22.3 Å². The van der Waals surface area contributed by atoms with E-state index in [1.165, 1.54) is 132 Å². The average Bonchev–Trinajstić information content (AvgIpc) is 4.40. The molecule has 0 spiro atoms. The number of aryl methyl sites for hydroxylation is 2. The maximum Gasteiger partial charge on any atom is 0.0641 e. The summed E-state index contributed by atoms with van der Waals surface area (Å²) in [5.41, 5.74) is 24.0. The van der Waals surface area contributed by atoms with Gasteiger partial charge in [0.2, 0.25) is 0 Å². The monoisotopic (exact) mass is 1030 g/mol. The number of rotatable bonds is 8. The van der Waals surface area contributed by atoms with Crippen molar-refractivity contribution >= 4 is 110 Å². The highest BCUT2D eigenvalue weighted by molar-refractivity contribution is 6.32. The number of benzene rings is 11. The Bertz CT molecular complexity index is 4590.